The van der Waals surface area contributed by atoms with Crippen LogP contribution in [0.25, 0.3) is 0 Å². The minimum atomic E-state index is -0.173. The Hall–Kier alpha value is -4.08. The van der Waals surface area contributed by atoms with E-state index < -0.39 is 0 Å². The number of benzene rings is 3. The number of aromatic nitrogens is 1. The van der Waals surface area contributed by atoms with Gasteiger partial charge in [0.25, 0.3) is 5.91 Å². The van der Waals surface area contributed by atoms with Crippen molar-refractivity contribution in [3.63, 3.8) is 0 Å². The van der Waals surface area contributed by atoms with Gasteiger partial charge in [0.15, 0.2) is 23.0 Å². The fourth-order valence-corrected chi connectivity index (χ4v) is 5.85. The largest absolute Gasteiger partial charge is 0.493 e. The average Bonchev–Trinajstić information content (AvgIpc) is 3.51. The van der Waals surface area contributed by atoms with Crippen LogP contribution in [0.3, 0.4) is 0 Å². The number of ether oxygens (including phenoxy) is 4. The third kappa shape index (κ3) is 9.45. The van der Waals surface area contributed by atoms with Crippen LogP contribution in [-0.2, 0) is 31.3 Å². The van der Waals surface area contributed by atoms with E-state index in [0.717, 1.165) is 47.1 Å². The molecule has 9 heteroatoms. The van der Waals surface area contributed by atoms with Gasteiger partial charge in [-0.05, 0) is 64.8 Å². The van der Waals surface area contributed by atoms with Crippen LogP contribution in [0.1, 0.15) is 58.5 Å². The van der Waals surface area contributed by atoms with Crippen molar-refractivity contribution in [2.75, 3.05) is 41.5 Å². The molecule has 0 aliphatic rings. The molecule has 0 aliphatic carbocycles. The van der Waals surface area contributed by atoms with Crippen molar-refractivity contribution in [3.05, 3.63) is 99.0 Å². The number of methoxy groups -OCH3 is 4. The number of thiazole rings is 1. The van der Waals surface area contributed by atoms with Crippen LogP contribution >= 0.6 is 11.3 Å². The highest BCUT2D eigenvalue weighted by Crippen LogP contribution is 2.29. The molecule has 0 spiro atoms. The van der Waals surface area contributed by atoms with Gasteiger partial charge in [0.05, 0.1) is 35.0 Å². The lowest BCUT2D eigenvalue weighted by Crippen LogP contribution is -2.27. The molecule has 0 radical (unpaired) electrons. The molecular weight excluding hydrogens is 586 g/mol. The summed E-state index contributed by atoms with van der Waals surface area (Å²) in [5.74, 6) is 2.62. The second-order valence-electron chi connectivity index (χ2n) is 11.9. The Morgan fingerprint density at radius 3 is 1.87 bits per heavy atom. The molecule has 0 bridgehead atoms. The van der Waals surface area contributed by atoms with Gasteiger partial charge in [0.1, 0.15) is 10.7 Å². The number of nitrogens with zero attached hydrogens (tertiary/aromatic N) is 2. The van der Waals surface area contributed by atoms with Gasteiger partial charge in [-0.3, -0.25) is 9.69 Å². The molecule has 0 aliphatic heterocycles. The molecular formula is C36H45N3O5S. The lowest BCUT2D eigenvalue weighted by molar-refractivity contribution is 0.0949. The van der Waals surface area contributed by atoms with E-state index in [1.807, 2.05) is 35.7 Å². The smallest absolute Gasteiger partial charge is 0.270 e. The van der Waals surface area contributed by atoms with Crippen LogP contribution in [0.2, 0.25) is 0 Å². The Kier molecular flexibility index (Phi) is 11.8. The molecule has 1 N–H and O–H groups in total. The van der Waals surface area contributed by atoms with Crippen LogP contribution < -0.4 is 24.3 Å². The Balaban J connectivity index is 1.41. The Labute approximate surface area is 271 Å². The zero-order chi connectivity index (χ0) is 32.4. The van der Waals surface area contributed by atoms with Gasteiger partial charge in [0, 0.05) is 25.0 Å². The first-order valence-corrected chi connectivity index (χ1v) is 16.0. The minimum absolute atomic E-state index is 0.102. The van der Waals surface area contributed by atoms with Crippen molar-refractivity contribution >= 4 is 17.2 Å². The first kappa shape index (κ1) is 33.8. The zero-order valence-corrected chi connectivity index (χ0v) is 28.3. The van der Waals surface area contributed by atoms with Crippen LogP contribution in [0, 0.1) is 0 Å². The van der Waals surface area contributed by atoms with E-state index in [-0.39, 0.29) is 11.3 Å². The fourth-order valence-electron chi connectivity index (χ4n) is 5.03. The second kappa shape index (κ2) is 15.8. The molecule has 3 aromatic carbocycles. The second-order valence-corrected chi connectivity index (χ2v) is 12.9. The Morgan fingerprint density at radius 1 is 0.756 bits per heavy atom. The molecule has 4 aromatic rings. The van der Waals surface area contributed by atoms with Crippen LogP contribution in [0.4, 0.5) is 0 Å². The molecule has 4 rings (SSSR count). The SMILES string of the molecule is COc1ccc(CCNC(=O)c2csc(CN(CCc3ccc(OC)c(OC)c3)Cc3ccc(C(C)(C)C)cc3)n2)cc1OC. The number of carbonyl (C=O) groups excluding carboxylic acids is 1. The molecule has 240 valence electrons. The van der Waals surface area contributed by atoms with E-state index >= 15 is 0 Å². The van der Waals surface area contributed by atoms with Crippen LogP contribution in [-0.4, -0.2) is 57.3 Å². The van der Waals surface area contributed by atoms with Crippen LogP contribution in [0.5, 0.6) is 23.0 Å². The fraction of sp³-hybridized carbons (Fsp3) is 0.389. The number of carbonyl (C=O) groups is 1. The van der Waals surface area contributed by atoms with Crippen molar-refractivity contribution < 1.29 is 23.7 Å². The lowest BCUT2D eigenvalue weighted by atomic mass is 9.87. The van der Waals surface area contributed by atoms with Crippen molar-refractivity contribution in [3.8, 4) is 23.0 Å². The summed E-state index contributed by atoms with van der Waals surface area (Å²) in [4.78, 5) is 20.0. The summed E-state index contributed by atoms with van der Waals surface area (Å²) in [7, 11) is 6.53. The summed E-state index contributed by atoms with van der Waals surface area (Å²) in [6, 6.07) is 20.7. The van der Waals surface area contributed by atoms with E-state index in [9.17, 15) is 4.79 Å². The summed E-state index contributed by atoms with van der Waals surface area (Å²) < 4.78 is 21.6. The molecule has 1 heterocycles. The number of rotatable bonds is 15. The third-order valence-electron chi connectivity index (χ3n) is 7.68. The van der Waals surface area contributed by atoms with Crippen molar-refractivity contribution in [1.82, 2.24) is 15.2 Å². The normalized spacial score (nSPS) is 11.4. The molecule has 0 unspecified atom stereocenters. The standard InChI is InChI=1S/C36H45N3O5S/c1-36(2,3)28-12-8-27(9-13-28)22-39(19-17-26-11-15-31(42-5)33(21-26)44-7)23-34-38-29(24-45-34)35(40)37-18-16-25-10-14-30(41-4)32(20-25)43-6/h8-15,20-21,24H,16-19,22-23H2,1-7H3,(H,37,40). The van der Waals surface area contributed by atoms with Crippen LogP contribution in [0.15, 0.2) is 66.0 Å². The summed E-state index contributed by atoms with van der Waals surface area (Å²) in [5, 5.41) is 5.74. The van der Waals surface area contributed by atoms with Crippen molar-refractivity contribution in [2.45, 2.75) is 52.1 Å². The maximum atomic E-state index is 12.9. The summed E-state index contributed by atoms with van der Waals surface area (Å²) in [6.07, 6.45) is 1.50. The van der Waals surface area contributed by atoms with E-state index in [1.165, 1.54) is 22.5 Å². The highest BCUT2D eigenvalue weighted by molar-refractivity contribution is 7.09. The molecule has 0 atom stereocenters. The van der Waals surface area contributed by atoms with Crippen molar-refractivity contribution in [1.29, 1.82) is 0 Å². The number of amides is 1. The maximum absolute atomic E-state index is 12.9. The first-order valence-electron chi connectivity index (χ1n) is 15.1. The summed E-state index contributed by atoms with van der Waals surface area (Å²) >= 11 is 1.51. The Bertz CT molecular complexity index is 1550. The maximum Gasteiger partial charge on any atom is 0.270 e. The quantitative estimate of drug-likeness (QED) is 0.157. The van der Waals surface area contributed by atoms with Gasteiger partial charge in [-0.1, -0.05) is 57.2 Å². The van der Waals surface area contributed by atoms with Gasteiger partial charge in [-0.25, -0.2) is 4.98 Å². The summed E-state index contributed by atoms with van der Waals surface area (Å²) in [5.41, 5.74) is 5.30. The van der Waals surface area contributed by atoms with Gasteiger partial charge < -0.3 is 24.3 Å². The third-order valence-corrected chi connectivity index (χ3v) is 8.51. The zero-order valence-electron chi connectivity index (χ0n) is 27.4. The van der Waals surface area contributed by atoms with Gasteiger partial charge in [-0.2, -0.15) is 0 Å². The average molecular weight is 632 g/mol. The Morgan fingerprint density at radius 2 is 1.31 bits per heavy atom. The predicted octanol–water partition coefficient (Wildman–Crippen LogP) is 6.69. The molecule has 0 fully saturated rings. The molecule has 0 saturated carbocycles. The van der Waals surface area contributed by atoms with E-state index in [0.29, 0.717) is 36.7 Å². The monoisotopic (exact) mass is 631 g/mol. The van der Waals surface area contributed by atoms with Gasteiger partial charge >= 0.3 is 0 Å². The molecule has 0 saturated heterocycles. The minimum Gasteiger partial charge on any atom is -0.493 e. The van der Waals surface area contributed by atoms with E-state index in [2.05, 4.69) is 61.3 Å². The number of hydrogen-bond donors (Lipinski definition) is 1. The number of hydrogen-bond acceptors (Lipinski definition) is 8. The predicted molar refractivity (Wildman–Crippen MR) is 180 cm³/mol. The molecule has 1 aromatic heterocycles. The van der Waals surface area contributed by atoms with Crippen molar-refractivity contribution in [2.24, 2.45) is 0 Å². The highest BCUT2D eigenvalue weighted by Gasteiger charge is 2.17. The van der Waals surface area contributed by atoms with Gasteiger partial charge in [-0.15, -0.1) is 11.3 Å². The first-order chi connectivity index (χ1) is 21.6. The lowest BCUT2D eigenvalue weighted by Gasteiger charge is -2.23. The number of nitrogens with one attached hydrogen (secondary N) is 1. The molecule has 8 nitrogen and oxygen atoms in total. The van der Waals surface area contributed by atoms with E-state index in [4.69, 9.17) is 23.9 Å². The van der Waals surface area contributed by atoms with Gasteiger partial charge in [0.2, 0.25) is 0 Å². The highest BCUT2D eigenvalue weighted by atomic mass is 32.1. The van der Waals surface area contributed by atoms with E-state index in [1.54, 1.807) is 28.4 Å². The molecule has 45 heavy (non-hydrogen) atoms. The summed E-state index contributed by atoms with van der Waals surface area (Å²) in [6.45, 7) is 9.38. The molecule has 1 amide bonds. The topological polar surface area (TPSA) is 82.2 Å².